The average molecular weight is 307 g/mol. The molecule has 0 fully saturated rings. The van der Waals surface area contributed by atoms with Crippen LogP contribution >= 0.6 is 0 Å². The van der Waals surface area contributed by atoms with Crippen molar-refractivity contribution in [3.63, 3.8) is 0 Å². The largest absolute Gasteiger partial charge is 0.468 e. The number of methoxy groups -OCH3 is 1. The smallest absolute Gasteiger partial charge is 0.315 e. The van der Waals surface area contributed by atoms with Gasteiger partial charge in [-0.25, -0.2) is 0 Å². The molecular weight excluding hydrogens is 286 g/mol. The Morgan fingerprint density at radius 2 is 1.78 bits per heavy atom. The highest BCUT2D eigenvalue weighted by molar-refractivity contribution is 5.80. The second-order valence-corrected chi connectivity index (χ2v) is 5.69. The van der Waals surface area contributed by atoms with Crippen LogP contribution in [-0.2, 0) is 9.53 Å². The molecule has 0 spiro atoms. The number of ether oxygens (including phenoxy) is 1. The summed E-state index contributed by atoms with van der Waals surface area (Å²) in [7, 11) is 1.44. The minimum Gasteiger partial charge on any atom is -0.468 e. The van der Waals surface area contributed by atoms with Gasteiger partial charge in [-0.3, -0.25) is 4.79 Å². The molecule has 0 amide bonds. The molecule has 1 heterocycles. The van der Waals surface area contributed by atoms with Crippen LogP contribution in [0.3, 0.4) is 0 Å². The van der Waals surface area contributed by atoms with Crippen molar-refractivity contribution >= 4 is 5.97 Å². The van der Waals surface area contributed by atoms with Crippen LogP contribution < -0.4 is 5.32 Å². The zero-order valence-electron chi connectivity index (χ0n) is 13.2. The van der Waals surface area contributed by atoms with Crippen LogP contribution in [0, 0.1) is 0 Å². The summed E-state index contributed by atoms with van der Waals surface area (Å²) in [4.78, 5) is 12.3. The van der Waals surface area contributed by atoms with E-state index in [2.05, 4.69) is 41.7 Å². The molecule has 0 aromatic heterocycles. The molecule has 3 nitrogen and oxygen atoms in total. The van der Waals surface area contributed by atoms with Crippen molar-refractivity contribution < 1.29 is 9.53 Å². The van der Waals surface area contributed by atoms with Crippen LogP contribution in [0.25, 0.3) is 11.1 Å². The maximum atomic E-state index is 12.3. The standard InChI is InChI=1S/C20H21NO2/c1-23-20(22)19(18-9-5-6-14-21-18)17-12-10-16(11-13-17)15-7-3-2-4-8-15/h2-5,7-13,18-19,21H,6,14H2,1H3/t18-,19?/m0/s1. The number of hydrogen-bond acceptors (Lipinski definition) is 3. The number of carbonyl (C=O) groups excluding carboxylic acids is 1. The lowest BCUT2D eigenvalue weighted by atomic mass is 9.88. The highest BCUT2D eigenvalue weighted by atomic mass is 16.5. The average Bonchev–Trinajstić information content (AvgIpc) is 2.64. The van der Waals surface area contributed by atoms with E-state index >= 15 is 0 Å². The lowest BCUT2D eigenvalue weighted by Crippen LogP contribution is -2.39. The van der Waals surface area contributed by atoms with Gasteiger partial charge in [0.25, 0.3) is 0 Å². The Morgan fingerprint density at radius 1 is 1.09 bits per heavy atom. The van der Waals surface area contributed by atoms with E-state index in [9.17, 15) is 4.79 Å². The second kappa shape index (κ2) is 7.25. The SMILES string of the molecule is COC(=O)C(c1ccc(-c2ccccc2)cc1)[C@@H]1C=CCCN1. The fourth-order valence-corrected chi connectivity index (χ4v) is 3.00. The molecule has 0 bridgehead atoms. The Kier molecular flexibility index (Phi) is 4.89. The molecule has 0 saturated carbocycles. The lowest BCUT2D eigenvalue weighted by Gasteiger charge is -2.26. The number of hydrogen-bond donors (Lipinski definition) is 1. The molecule has 3 rings (SSSR count). The maximum absolute atomic E-state index is 12.3. The fraction of sp³-hybridized carbons (Fsp3) is 0.250. The van der Waals surface area contributed by atoms with Crippen LogP contribution in [0.2, 0.25) is 0 Å². The van der Waals surface area contributed by atoms with Crippen molar-refractivity contribution in [2.24, 2.45) is 0 Å². The molecule has 2 aromatic rings. The number of carbonyl (C=O) groups is 1. The first kappa shape index (κ1) is 15.5. The molecule has 0 aliphatic carbocycles. The Morgan fingerprint density at radius 3 is 2.39 bits per heavy atom. The molecule has 1 aliphatic rings. The molecule has 0 radical (unpaired) electrons. The van der Waals surface area contributed by atoms with Crippen LogP contribution in [-0.4, -0.2) is 25.7 Å². The predicted octanol–water partition coefficient (Wildman–Crippen LogP) is 3.53. The van der Waals surface area contributed by atoms with Gasteiger partial charge < -0.3 is 10.1 Å². The summed E-state index contributed by atoms with van der Waals surface area (Å²) in [5.41, 5.74) is 3.29. The van der Waals surface area contributed by atoms with Crippen molar-refractivity contribution in [1.29, 1.82) is 0 Å². The first-order valence-electron chi connectivity index (χ1n) is 7.93. The highest BCUT2D eigenvalue weighted by Gasteiger charge is 2.29. The number of benzene rings is 2. The van der Waals surface area contributed by atoms with Gasteiger partial charge in [0.1, 0.15) is 5.92 Å². The van der Waals surface area contributed by atoms with E-state index in [0.29, 0.717) is 0 Å². The topological polar surface area (TPSA) is 38.3 Å². The first-order chi connectivity index (χ1) is 11.3. The molecule has 1 N–H and O–H groups in total. The van der Waals surface area contributed by atoms with Crippen molar-refractivity contribution in [1.82, 2.24) is 5.32 Å². The molecule has 23 heavy (non-hydrogen) atoms. The fourth-order valence-electron chi connectivity index (χ4n) is 3.00. The Bertz CT molecular complexity index is 677. The van der Waals surface area contributed by atoms with E-state index in [1.54, 1.807) is 0 Å². The lowest BCUT2D eigenvalue weighted by molar-refractivity contribution is -0.142. The third kappa shape index (κ3) is 3.51. The number of esters is 1. The first-order valence-corrected chi connectivity index (χ1v) is 7.93. The van der Waals surface area contributed by atoms with Gasteiger partial charge in [0.05, 0.1) is 7.11 Å². The van der Waals surface area contributed by atoms with Gasteiger partial charge in [0, 0.05) is 6.04 Å². The molecule has 118 valence electrons. The van der Waals surface area contributed by atoms with Crippen molar-refractivity contribution in [2.45, 2.75) is 18.4 Å². The zero-order valence-corrected chi connectivity index (χ0v) is 13.2. The quantitative estimate of drug-likeness (QED) is 0.694. The van der Waals surface area contributed by atoms with Crippen LogP contribution in [0.4, 0.5) is 0 Å². The van der Waals surface area contributed by atoms with Crippen molar-refractivity contribution in [3.8, 4) is 11.1 Å². The predicted molar refractivity (Wildman–Crippen MR) is 92.2 cm³/mol. The summed E-state index contributed by atoms with van der Waals surface area (Å²) in [6.07, 6.45) is 5.18. The van der Waals surface area contributed by atoms with E-state index in [-0.39, 0.29) is 17.9 Å². The van der Waals surface area contributed by atoms with Gasteiger partial charge in [0.15, 0.2) is 0 Å². The second-order valence-electron chi connectivity index (χ2n) is 5.69. The zero-order chi connectivity index (χ0) is 16.1. The monoisotopic (exact) mass is 307 g/mol. The third-order valence-electron chi connectivity index (χ3n) is 4.23. The van der Waals surface area contributed by atoms with Gasteiger partial charge in [-0.1, -0.05) is 66.7 Å². The summed E-state index contributed by atoms with van der Waals surface area (Å²) in [5.74, 6) is -0.525. The van der Waals surface area contributed by atoms with Gasteiger partial charge in [-0.05, 0) is 29.7 Å². The molecule has 3 heteroatoms. The minimum absolute atomic E-state index is 0.0150. The van der Waals surface area contributed by atoms with E-state index < -0.39 is 0 Å². The normalized spacial score (nSPS) is 18.4. The summed E-state index contributed by atoms with van der Waals surface area (Å²) in [6, 6.07) is 18.4. The van der Waals surface area contributed by atoms with Gasteiger partial charge >= 0.3 is 5.97 Å². The van der Waals surface area contributed by atoms with Crippen LogP contribution in [0.15, 0.2) is 66.7 Å². The Balaban J connectivity index is 1.89. The van der Waals surface area contributed by atoms with Crippen molar-refractivity contribution in [3.05, 3.63) is 72.3 Å². The number of rotatable bonds is 4. The highest BCUT2D eigenvalue weighted by Crippen LogP contribution is 2.27. The molecule has 1 aliphatic heterocycles. The minimum atomic E-state index is -0.318. The van der Waals surface area contributed by atoms with E-state index in [0.717, 1.165) is 24.1 Å². The Labute approximate surface area is 137 Å². The van der Waals surface area contributed by atoms with E-state index in [1.165, 1.54) is 12.7 Å². The van der Waals surface area contributed by atoms with Crippen LogP contribution in [0.5, 0.6) is 0 Å². The molecule has 2 atom stereocenters. The third-order valence-corrected chi connectivity index (χ3v) is 4.23. The molecular formula is C20H21NO2. The molecule has 0 saturated heterocycles. The summed E-state index contributed by atoms with van der Waals surface area (Å²) >= 11 is 0. The van der Waals surface area contributed by atoms with E-state index in [4.69, 9.17) is 4.74 Å². The molecule has 2 aromatic carbocycles. The summed E-state index contributed by atoms with van der Waals surface area (Å²) < 4.78 is 5.02. The Hall–Kier alpha value is -2.39. The number of nitrogens with one attached hydrogen (secondary N) is 1. The van der Waals surface area contributed by atoms with Crippen LogP contribution in [0.1, 0.15) is 17.9 Å². The summed E-state index contributed by atoms with van der Waals surface area (Å²) in [5, 5.41) is 3.39. The molecule has 1 unspecified atom stereocenters. The summed E-state index contributed by atoms with van der Waals surface area (Å²) in [6.45, 7) is 0.886. The van der Waals surface area contributed by atoms with E-state index in [1.807, 2.05) is 30.3 Å². The maximum Gasteiger partial charge on any atom is 0.315 e. The van der Waals surface area contributed by atoms with Crippen molar-refractivity contribution in [2.75, 3.05) is 13.7 Å². The van der Waals surface area contributed by atoms with Gasteiger partial charge in [-0.15, -0.1) is 0 Å². The van der Waals surface area contributed by atoms with Gasteiger partial charge in [0.2, 0.25) is 0 Å². The van der Waals surface area contributed by atoms with Gasteiger partial charge in [-0.2, -0.15) is 0 Å².